The van der Waals surface area contributed by atoms with Crippen molar-refractivity contribution in [2.24, 2.45) is 11.1 Å². The van der Waals surface area contributed by atoms with Crippen LogP contribution in [0.1, 0.15) is 56.6 Å². The van der Waals surface area contributed by atoms with Crippen LogP contribution in [0.15, 0.2) is 0 Å². The van der Waals surface area contributed by atoms with Gasteiger partial charge in [-0.1, -0.05) is 27.2 Å². The zero-order chi connectivity index (χ0) is 13.3. The summed E-state index contributed by atoms with van der Waals surface area (Å²) in [5.74, 6) is 0. The molecule has 1 aromatic rings. The average Bonchev–Trinajstić information content (AvgIpc) is 2.68. The molecule has 1 heterocycles. The van der Waals surface area contributed by atoms with Crippen LogP contribution in [0.5, 0.6) is 0 Å². The van der Waals surface area contributed by atoms with Crippen molar-refractivity contribution in [1.29, 1.82) is 0 Å². The third-order valence-corrected chi connectivity index (χ3v) is 4.99. The second-order valence-corrected chi connectivity index (χ2v) is 7.24. The molecule has 0 saturated heterocycles. The highest BCUT2D eigenvalue weighted by Crippen LogP contribution is 2.43. The summed E-state index contributed by atoms with van der Waals surface area (Å²) < 4.78 is 0. The molecule has 1 aromatic heterocycles. The van der Waals surface area contributed by atoms with Gasteiger partial charge in [-0.25, -0.2) is 4.98 Å². The molecule has 1 aliphatic rings. The zero-order valence-electron chi connectivity index (χ0n) is 12.0. The molecule has 0 spiro atoms. The Balaban J connectivity index is 2.18. The van der Waals surface area contributed by atoms with E-state index in [1.807, 2.05) is 0 Å². The minimum atomic E-state index is 0.176. The van der Waals surface area contributed by atoms with Crippen LogP contribution < -0.4 is 10.6 Å². The summed E-state index contributed by atoms with van der Waals surface area (Å²) >= 11 is 1.79. The number of hydrogen-bond donors (Lipinski definition) is 1. The molecule has 3 nitrogen and oxygen atoms in total. The molecule has 0 amide bonds. The van der Waals surface area contributed by atoms with Crippen LogP contribution in [0.4, 0.5) is 5.13 Å². The molecule has 0 saturated carbocycles. The van der Waals surface area contributed by atoms with E-state index >= 15 is 0 Å². The minimum absolute atomic E-state index is 0.176. The molecular weight excluding hydrogens is 242 g/mol. The number of rotatable bonds is 4. The molecule has 2 rings (SSSR count). The van der Waals surface area contributed by atoms with Crippen molar-refractivity contribution in [1.82, 2.24) is 4.98 Å². The van der Waals surface area contributed by atoms with Gasteiger partial charge in [-0.05, 0) is 24.7 Å². The smallest absolute Gasteiger partial charge is 0.185 e. The monoisotopic (exact) mass is 267 g/mol. The van der Waals surface area contributed by atoms with Gasteiger partial charge >= 0.3 is 0 Å². The molecule has 18 heavy (non-hydrogen) atoms. The summed E-state index contributed by atoms with van der Waals surface area (Å²) in [6.45, 7) is 7.88. The predicted molar refractivity (Wildman–Crippen MR) is 79.3 cm³/mol. The van der Waals surface area contributed by atoms with E-state index in [9.17, 15) is 0 Å². The molecule has 2 N–H and O–H groups in total. The molecule has 0 radical (unpaired) electrons. The number of hydrogen-bond acceptors (Lipinski definition) is 4. The molecule has 0 fully saturated rings. The van der Waals surface area contributed by atoms with E-state index in [1.54, 1.807) is 11.3 Å². The maximum absolute atomic E-state index is 6.29. The Kier molecular flexibility index (Phi) is 3.97. The molecule has 0 aromatic carbocycles. The van der Waals surface area contributed by atoms with Crippen LogP contribution in [-0.2, 0) is 6.42 Å². The van der Waals surface area contributed by atoms with E-state index in [0.717, 1.165) is 24.5 Å². The summed E-state index contributed by atoms with van der Waals surface area (Å²) in [5.41, 5.74) is 7.82. The van der Waals surface area contributed by atoms with Gasteiger partial charge in [-0.3, -0.25) is 0 Å². The first-order valence-corrected chi connectivity index (χ1v) is 7.71. The molecule has 0 aliphatic heterocycles. The van der Waals surface area contributed by atoms with Crippen molar-refractivity contribution in [3.05, 3.63) is 10.6 Å². The number of nitrogens with zero attached hydrogens (tertiary/aromatic N) is 2. The highest BCUT2D eigenvalue weighted by atomic mass is 32.1. The summed E-state index contributed by atoms with van der Waals surface area (Å²) in [4.78, 5) is 8.40. The number of fused-ring (bicyclic) bond motifs is 1. The van der Waals surface area contributed by atoms with Crippen LogP contribution in [0.3, 0.4) is 0 Å². The van der Waals surface area contributed by atoms with Crippen molar-refractivity contribution >= 4 is 16.5 Å². The van der Waals surface area contributed by atoms with Gasteiger partial charge in [-0.15, -0.1) is 11.3 Å². The van der Waals surface area contributed by atoms with Crippen LogP contribution in [0, 0.1) is 5.41 Å². The lowest BCUT2D eigenvalue weighted by atomic mass is 9.77. The fourth-order valence-electron chi connectivity index (χ4n) is 2.63. The lowest BCUT2D eigenvalue weighted by Gasteiger charge is -2.32. The van der Waals surface area contributed by atoms with Gasteiger partial charge in [0.2, 0.25) is 0 Å². The van der Waals surface area contributed by atoms with Crippen LogP contribution in [0.25, 0.3) is 0 Å². The Morgan fingerprint density at radius 3 is 2.89 bits per heavy atom. The predicted octanol–water partition coefficient (Wildman–Crippen LogP) is 3.35. The molecule has 0 bridgehead atoms. The maximum Gasteiger partial charge on any atom is 0.185 e. The average molecular weight is 267 g/mol. The lowest BCUT2D eigenvalue weighted by molar-refractivity contribution is 0.282. The summed E-state index contributed by atoms with van der Waals surface area (Å²) in [6, 6.07) is 0.176. The van der Waals surface area contributed by atoms with Gasteiger partial charge in [0.05, 0.1) is 5.69 Å². The number of anilines is 1. The standard InChI is InChI=1S/C14H25N3S/c1-5-6-7-17(4)13-16-11-9-14(2,3)8-10(15)12(11)18-13/h10H,5-9,15H2,1-4H3. The van der Waals surface area contributed by atoms with Crippen molar-refractivity contribution in [3.8, 4) is 0 Å². The van der Waals surface area contributed by atoms with Crippen molar-refractivity contribution in [2.45, 2.75) is 52.5 Å². The van der Waals surface area contributed by atoms with E-state index in [1.165, 1.54) is 23.4 Å². The van der Waals surface area contributed by atoms with Gasteiger partial charge in [0.25, 0.3) is 0 Å². The largest absolute Gasteiger partial charge is 0.351 e. The minimum Gasteiger partial charge on any atom is -0.351 e. The van der Waals surface area contributed by atoms with Crippen molar-refractivity contribution in [3.63, 3.8) is 0 Å². The Morgan fingerprint density at radius 1 is 1.50 bits per heavy atom. The molecule has 4 heteroatoms. The number of unbranched alkanes of at least 4 members (excludes halogenated alkanes) is 1. The zero-order valence-corrected chi connectivity index (χ0v) is 12.8. The van der Waals surface area contributed by atoms with E-state index in [2.05, 4.69) is 32.7 Å². The SMILES string of the molecule is CCCCN(C)c1nc2c(s1)C(N)CC(C)(C)C2. The van der Waals surface area contributed by atoms with Gasteiger partial charge in [0.1, 0.15) is 0 Å². The summed E-state index contributed by atoms with van der Waals surface area (Å²) in [7, 11) is 2.14. The van der Waals surface area contributed by atoms with Crippen molar-refractivity contribution in [2.75, 3.05) is 18.5 Å². The highest BCUT2D eigenvalue weighted by molar-refractivity contribution is 7.15. The Hall–Kier alpha value is -0.610. The Morgan fingerprint density at radius 2 is 2.22 bits per heavy atom. The number of nitrogens with two attached hydrogens (primary N) is 1. The first kappa shape index (κ1) is 13.8. The fourth-order valence-corrected chi connectivity index (χ4v) is 3.70. The third kappa shape index (κ3) is 2.86. The first-order valence-electron chi connectivity index (χ1n) is 6.89. The van der Waals surface area contributed by atoms with E-state index < -0.39 is 0 Å². The summed E-state index contributed by atoms with van der Waals surface area (Å²) in [5, 5.41) is 1.14. The normalized spacial score (nSPS) is 21.7. The Bertz CT molecular complexity index is 411. The molecule has 1 unspecified atom stereocenters. The maximum atomic E-state index is 6.29. The molecule has 102 valence electrons. The van der Waals surface area contributed by atoms with Crippen molar-refractivity contribution < 1.29 is 0 Å². The van der Waals surface area contributed by atoms with Crippen LogP contribution in [0.2, 0.25) is 0 Å². The second kappa shape index (κ2) is 5.17. The van der Waals surface area contributed by atoms with E-state index in [-0.39, 0.29) is 6.04 Å². The fraction of sp³-hybridized carbons (Fsp3) is 0.786. The Labute approximate surface area is 114 Å². The van der Waals surface area contributed by atoms with Gasteiger partial charge in [-0.2, -0.15) is 0 Å². The third-order valence-electron chi connectivity index (χ3n) is 3.65. The van der Waals surface area contributed by atoms with Gasteiger partial charge in [0.15, 0.2) is 5.13 Å². The highest BCUT2D eigenvalue weighted by Gasteiger charge is 2.33. The lowest BCUT2D eigenvalue weighted by Crippen LogP contribution is -2.28. The van der Waals surface area contributed by atoms with Gasteiger partial charge < -0.3 is 10.6 Å². The quantitative estimate of drug-likeness (QED) is 0.909. The van der Waals surface area contributed by atoms with E-state index in [4.69, 9.17) is 10.7 Å². The van der Waals surface area contributed by atoms with Crippen LogP contribution in [-0.4, -0.2) is 18.6 Å². The second-order valence-electron chi connectivity index (χ2n) is 6.23. The molecular formula is C14H25N3S. The summed E-state index contributed by atoms with van der Waals surface area (Å²) in [6.07, 6.45) is 4.58. The molecule has 1 atom stereocenters. The van der Waals surface area contributed by atoms with Crippen LogP contribution >= 0.6 is 11.3 Å². The topological polar surface area (TPSA) is 42.2 Å². The first-order chi connectivity index (χ1) is 8.43. The van der Waals surface area contributed by atoms with Gasteiger partial charge in [0, 0.05) is 24.5 Å². The molecule has 1 aliphatic carbocycles. The number of thiazole rings is 1. The number of aromatic nitrogens is 1. The van der Waals surface area contributed by atoms with E-state index in [0.29, 0.717) is 5.41 Å².